The first-order valence-corrected chi connectivity index (χ1v) is 9.10. The van der Waals surface area contributed by atoms with Gasteiger partial charge in [-0.15, -0.1) is 0 Å². The largest absolute Gasteiger partial charge is 0.416 e. The smallest absolute Gasteiger partial charge is 0.394 e. The van der Waals surface area contributed by atoms with E-state index in [-0.39, 0.29) is 18.2 Å². The first-order valence-electron chi connectivity index (χ1n) is 9.10. The quantitative estimate of drug-likeness (QED) is 0.739. The summed E-state index contributed by atoms with van der Waals surface area (Å²) in [7, 11) is 0. The molecule has 28 heavy (non-hydrogen) atoms. The van der Waals surface area contributed by atoms with Crippen LogP contribution in [0.4, 0.5) is 18.9 Å². The Kier molecular flexibility index (Phi) is 4.63. The Bertz CT molecular complexity index is 1060. The van der Waals surface area contributed by atoms with Gasteiger partial charge in [0.2, 0.25) is 0 Å². The monoisotopic (exact) mass is 388 g/mol. The van der Waals surface area contributed by atoms with Gasteiger partial charge in [0.05, 0.1) is 29.4 Å². The fourth-order valence-electron chi connectivity index (χ4n) is 3.91. The Balaban J connectivity index is 2.03. The molecule has 1 fully saturated rings. The zero-order valence-electron chi connectivity index (χ0n) is 15.0. The number of hydrogen-bond acceptors (Lipinski definition) is 3. The predicted octanol–water partition coefficient (Wildman–Crippen LogP) is 3.97. The van der Waals surface area contributed by atoms with Gasteiger partial charge < -0.3 is 10.0 Å². The standard InChI is InChI=1S/C21H19F3N2O2/c22-21(23,24)14-8-9-17-18(25-10-4-7-16(25)13-27)12-20(28)26(19(17)11-14)15-5-2-1-3-6-15/h1-3,5-6,8-9,11-12,16,27H,4,7,10,13H2/t16-/m1/s1. The van der Waals surface area contributed by atoms with Crippen molar-refractivity contribution in [3.63, 3.8) is 0 Å². The van der Waals surface area contributed by atoms with Crippen LogP contribution in [0.5, 0.6) is 0 Å². The lowest BCUT2D eigenvalue weighted by atomic mass is 10.1. The zero-order valence-corrected chi connectivity index (χ0v) is 15.0. The number of aromatic nitrogens is 1. The van der Waals surface area contributed by atoms with Crippen LogP contribution in [0.3, 0.4) is 0 Å². The lowest BCUT2D eigenvalue weighted by Crippen LogP contribution is -2.33. The number of nitrogens with zero attached hydrogens (tertiary/aromatic N) is 2. The summed E-state index contributed by atoms with van der Waals surface area (Å²) in [6.45, 7) is 0.583. The molecule has 1 saturated heterocycles. The second-order valence-electron chi connectivity index (χ2n) is 6.94. The van der Waals surface area contributed by atoms with Crippen molar-refractivity contribution in [2.75, 3.05) is 18.1 Å². The van der Waals surface area contributed by atoms with Crippen molar-refractivity contribution in [3.8, 4) is 5.69 Å². The molecule has 1 atom stereocenters. The molecule has 0 radical (unpaired) electrons. The fraction of sp³-hybridized carbons (Fsp3) is 0.286. The summed E-state index contributed by atoms with van der Waals surface area (Å²) in [4.78, 5) is 14.9. The van der Waals surface area contributed by atoms with Gasteiger partial charge in [-0.1, -0.05) is 24.3 Å². The number of anilines is 1. The van der Waals surface area contributed by atoms with E-state index in [1.807, 2.05) is 4.90 Å². The molecule has 0 aliphatic carbocycles. The molecule has 0 bridgehead atoms. The van der Waals surface area contributed by atoms with Crippen LogP contribution in [0.1, 0.15) is 18.4 Å². The lowest BCUT2D eigenvalue weighted by Gasteiger charge is -2.27. The van der Waals surface area contributed by atoms with Gasteiger partial charge in [-0.2, -0.15) is 13.2 Å². The number of benzene rings is 2. The van der Waals surface area contributed by atoms with Crippen molar-refractivity contribution >= 4 is 16.6 Å². The van der Waals surface area contributed by atoms with Crippen LogP contribution in [0.15, 0.2) is 59.4 Å². The van der Waals surface area contributed by atoms with E-state index in [1.165, 1.54) is 16.7 Å². The van der Waals surface area contributed by atoms with Crippen molar-refractivity contribution in [2.24, 2.45) is 0 Å². The van der Waals surface area contributed by atoms with E-state index in [4.69, 9.17) is 0 Å². The summed E-state index contributed by atoms with van der Waals surface area (Å²) in [5.41, 5.74) is 0.0612. The molecular weight excluding hydrogens is 369 g/mol. The van der Waals surface area contributed by atoms with Crippen LogP contribution in [-0.2, 0) is 6.18 Å². The van der Waals surface area contributed by atoms with E-state index in [0.717, 1.165) is 25.0 Å². The first kappa shape index (κ1) is 18.6. The number of hydrogen-bond donors (Lipinski definition) is 1. The van der Waals surface area contributed by atoms with Crippen LogP contribution in [0, 0.1) is 0 Å². The van der Waals surface area contributed by atoms with Crippen molar-refractivity contribution < 1.29 is 18.3 Å². The van der Waals surface area contributed by atoms with Gasteiger partial charge in [-0.05, 0) is 37.1 Å². The summed E-state index contributed by atoms with van der Waals surface area (Å²) in [6.07, 6.45) is -2.88. The van der Waals surface area contributed by atoms with E-state index in [2.05, 4.69) is 0 Å². The second-order valence-corrected chi connectivity index (χ2v) is 6.94. The molecule has 0 unspecified atom stereocenters. The summed E-state index contributed by atoms with van der Waals surface area (Å²) < 4.78 is 41.3. The lowest BCUT2D eigenvalue weighted by molar-refractivity contribution is -0.137. The normalized spacial score (nSPS) is 17.4. The zero-order chi connectivity index (χ0) is 19.9. The fourth-order valence-corrected chi connectivity index (χ4v) is 3.91. The number of para-hydroxylation sites is 1. The van der Waals surface area contributed by atoms with Gasteiger partial charge in [-0.25, -0.2) is 0 Å². The third-order valence-corrected chi connectivity index (χ3v) is 5.23. The number of aliphatic hydroxyl groups excluding tert-OH is 1. The molecule has 4 rings (SSSR count). The minimum absolute atomic E-state index is 0.0656. The number of fused-ring (bicyclic) bond motifs is 1. The van der Waals surface area contributed by atoms with Crippen molar-refractivity contribution in [1.29, 1.82) is 0 Å². The molecule has 3 aromatic rings. The first-order chi connectivity index (χ1) is 13.4. The second kappa shape index (κ2) is 6.98. The van der Waals surface area contributed by atoms with Crippen LogP contribution < -0.4 is 10.5 Å². The summed E-state index contributed by atoms with van der Waals surface area (Å²) in [5, 5.41) is 10.2. The van der Waals surface area contributed by atoms with E-state index in [0.29, 0.717) is 23.3 Å². The van der Waals surface area contributed by atoms with Crippen LogP contribution >= 0.6 is 0 Å². The SMILES string of the molecule is O=c1cc(N2CCC[C@@H]2CO)c2ccc(C(F)(F)F)cc2n1-c1ccccc1. The molecule has 1 aliphatic rings. The number of aliphatic hydroxyl groups is 1. The van der Waals surface area contributed by atoms with E-state index in [1.54, 1.807) is 30.3 Å². The third-order valence-electron chi connectivity index (χ3n) is 5.23. The van der Waals surface area contributed by atoms with Crippen LogP contribution in [0.2, 0.25) is 0 Å². The van der Waals surface area contributed by atoms with Gasteiger partial charge in [0.25, 0.3) is 5.56 Å². The van der Waals surface area contributed by atoms with Gasteiger partial charge >= 0.3 is 6.18 Å². The summed E-state index contributed by atoms with van der Waals surface area (Å²) in [5.74, 6) is 0. The van der Waals surface area contributed by atoms with Gasteiger partial charge in [0.1, 0.15) is 0 Å². The molecule has 2 aromatic carbocycles. The Morgan fingerprint density at radius 2 is 1.82 bits per heavy atom. The number of halogens is 3. The number of rotatable bonds is 3. The van der Waals surface area contributed by atoms with Gasteiger partial charge in [0.15, 0.2) is 0 Å². The van der Waals surface area contributed by atoms with Crippen molar-refractivity contribution in [3.05, 3.63) is 70.5 Å². The highest BCUT2D eigenvalue weighted by atomic mass is 19.4. The Labute approximate surface area is 159 Å². The predicted molar refractivity (Wildman–Crippen MR) is 102 cm³/mol. The van der Waals surface area contributed by atoms with E-state index < -0.39 is 17.3 Å². The molecule has 0 saturated carbocycles. The molecule has 1 aromatic heterocycles. The molecule has 0 spiro atoms. The highest BCUT2D eigenvalue weighted by molar-refractivity contribution is 5.93. The topological polar surface area (TPSA) is 45.5 Å². The summed E-state index contributed by atoms with van der Waals surface area (Å²) >= 11 is 0. The van der Waals surface area contributed by atoms with Crippen molar-refractivity contribution in [1.82, 2.24) is 4.57 Å². The minimum Gasteiger partial charge on any atom is -0.394 e. The summed E-state index contributed by atoms with van der Waals surface area (Å²) in [6, 6.07) is 13.4. The molecule has 7 heteroatoms. The highest BCUT2D eigenvalue weighted by Crippen LogP contribution is 2.36. The molecule has 146 valence electrons. The third kappa shape index (κ3) is 3.16. The minimum atomic E-state index is -4.51. The van der Waals surface area contributed by atoms with Gasteiger partial charge in [0, 0.05) is 23.7 Å². The average molecular weight is 388 g/mol. The number of alkyl halides is 3. The molecule has 4 nitrogen and oxygen atoms in total. The highest BCUT2D eigenvalue weighted by Gasteiger charge is 2.32. The maximum Gasteiger partial charge on any atom is 0.416 e. The Hall–Kier alpha value is -2.80. The maximum atomic E-state index is 13.3. The van der Waals surface area contributed by atoms with Crippen LogP contribution in [0.25, 0.3) is 16.6 Å². The van der Waals surface area contributed by atoms with E-state index >= 15 is 0 Å². The molecule has 1 N–H and O–H groups in total. The molecule has 2 heterocycles. The van der Waals surface area contributed by atoms with Gasteiger partial charge in [-0.3, -0.25) is 9.36 Å². The van der Waals surface area contributed by atoms with E-state index in [9.17, 15) is 23.1 Å². The average Bonchev–Trinajstić information content (AvgIpc) is 3.15. The van der Waals surface area contributed by atoms with Crippen LogP contribution in [-0.4, -0.2) is 28.9 Å². The molecule has 1 aliphatic heterocycles. The molecular formula is C21H19F3N2O2. The maximum absolute atomic E-state index is 13.3. The van der Waals surface area contributed by atoms with Crippen molar-refractivity contribution in [2.45, 2.75) is 25.1 Å². The molecule has 0 amide bonds. The Morgan fingerprint density at radius 3 is 2.50 bits per heavy atom. The Morgan fingerprint density at radius 1 is 1.07 bits per heavy atom. The number of pyridine rings is 1.